The fraction of sp³-hybridized carbons (Fsp3) is 0.455. The zero-order chi connectivity index (χ0) is 12.0. The van der Waals surface area contributed by atoms with E-state index in [0.29, 0.717) is 23.4 Å². The molecule has 0 fully saturated rings. The van der Waals surface area contributed by atoms with Gasteiger partial charge in [0.1, 0.15) is 17.6 Å². The molecule has 1 rings (SSSR count). The lowest BCUT2D eigenvalue weighted by atomic mass is 10.3. The van der Waals surface area contributed by atoms with Gasteiger partial charge in [-0.3, -0.25) is 0 Å². The summed E-state index contributed by atoms with van der Waals surface area (Å²) in [5, 5.41) is 3.57. The average molecular weight is 242 g/mol. The molecular weight excluding hydrogens is 226 g/mol. The highest BCUT2D eigenvalue weighted by molar-refractivity contribution is 6.29. The fourth-order valence-corrected chi connectivity index (χ4v) is 1.31. The molecular formula is C11H16ClN3O. The van der Waals surface area contributed by atoms with Crippen LogP contribution in [0.3, 0.4) is 0 Å². The lowest BCUT2D eigenvalue weighted by Crippen LogP contribution is -2.05. The highest BCUT2D eigenvalue weighted by atomic mass is 35.5. The first-order chi connectivity index (χ1) is 7.61. The predicted molar refractivity (Wildman–Crippen MR) is 65.7 cm³/mol. The average Bonchev–Trinajstić information content (AvgIpc) is 2.16. The van der Waals surface area contributed by atoms with E-state index in [1.807, 2.05) is 13.8 Å². The molecule has 0 saturated heterocycles. The summed E-state index contributed by atoms with van der Waals surface area (Å²) in [6.07, 6.45) is 2.08. The van der Waals surface area contributed by atoms with Crippen LogP contribution in [0.1, 0.15) is 19.7 Å². The van der Waals surface area contributed by atoms with E-state index in [1.165, 1.54) is 5.57 Å². The Labute approximate surface area is 101 Å². The van der Waals surface area contributed by atoms with Gasteiger partial charge in [0.2, 0.25) is 0 Å². The summed E-state index contributed by atoms with van der Waals surface area (Å²) in [4.78, 5) is 8.30. The second-order valence-corrected chi connectivity index (χ2v) is 3.97. The first-order valence-electron chi connectivity index (χ1n) is 5.01. The second-order valence-electron chi connectivity index (χ2n) is 3.59. The Balaban J connectivity index is 2.68. The number of rotatable bonds is 5. The molecule has 0 unspecified atom stereocenters. The van der Waals surface area contributed by atoms with E-state index in [0.717, 1.165) is 6.54 Å². The third kappa shape index (κ3) is 4.59. The van der Waals surface area contributed by atoms with Crippen molar-refractivity contribution in [2.24, 2.45) is 0 Å². The molecule has 16 heavy (non-hydrogen) atoms. The van der Waals surface area contributed by atoms with Crippen LogP contribution in [-0.4, -0.2) is 23.6 Å². The highest BCUT2D eigenvalue weighted by Crippen LogP contribution is 2.11. The third-order valence-corrected chi connectivity index (χ3v) is 2.00. The number of methoxy groups -OCH3 is 1. The van der Waals surface area contributed by atoms with Crippen LogP contribution in [0.15, 0.2) is 17.7 Å². The minimum Gasteiger partial charge on any atom is -0.377 e. The van der Waals surface area contributed by atoms with Crippen LogP contribution in [-0.2, 0) is 11.3 Å². The molecule has 0 spiro atoms. The molecule has 0 aliphatic carbocycles. The first kappa shape index (κ1) is 12.9. The second kappa shape index (κ2) is 6.45. The van der Waals surface area contributed by atoms with E-state index in [4.69, 9.17) is 16.3 Å². The molecule has 1 aromatic heterocycles. The van der Waals surface area contributed by atoms with Crippen molar-refractivity contribution in [2.75, 3.05) is 19.0 Å². The molecule has 0 radical (unpaired) electrons. The number of anilines is 1. The largest absolute Gasteiger partial charge is 0.377 e. The van der Waals surface area contributed by atoms with E-state index >= 15 is 0 Å². The van der Waals surface area contributed by atoms with Crippen molar-refractivity contribution in [1.82, 2.24) is 9.97 Å². The third-order valence-electron chi connectivity index (χ3n) is 1.81. The topological polar surface area (TPSA) is 47.0 Å². The number of hydrogen-bond acceptors (Lipinski definition) is 4. The molecule has 4 nitrogen and oxygen atoms in total. The van der Waals surface area contributed by atoms with Gasteiger partial charge in [0.05, 0.1) is 0 Å². The molecule has 0 amide bonds. The summed E-state index contributed by atoms with van der Waals surface area (Å²) < 4.78 is 4.96. The maximum absolute atomic E-state index is 5.87. The molecule has 0 atom stereocenters. The van der Waals surface area contributed by atoms with Crippen LogP contribution in [0.5, 0.6) is 0 Å². The fourth-order valence-electron chi connectivity index (χ4n) is 1.11. The minimum absolute atomic E-state index is 0.359. The maximum Gasteiger partial charge on any atom is 0.158 e. The zero-order valence-electron chi connectivity index (χ0n) is 9.75. The molecule has 1 N–H and O–H groups in total. The van der Waals surface area contributed by atoms with Gasteiger partial charge in [0.15, 0.2) is 5.82 Å². The summed E-state index contributed by atoms with van der Waals surface area (Å²) in [6.45, 7) is 5.18. The van der Waals surface area contributed by atoms with Gasteiger partial charge in [0, 0.05) is 19.7 Å². The highest BCUT2D eigenvalue weighted by Gasteiger charge is 2.01. The summed E-state index contributed by atoms with van der Waals surface area (Å²) in [5.41, 5.74) is 1.25. The number of ether oxygens (including phenoxy) is 1. The monoisotopic (exact) mass is 241 g/mol. The molecule has 0 bridgehead atoms. The van der Waals surface area contributed by atoms with Crippen LogP contribution in [0.2, 0.25) is 5.15 Å². The zero-order valence-corrected chi connectivity index (χ0v) is 10.5. The van der Waals surface area contributed by atoms with Crippen LogP contribution in [0.4, 0.5) is 5.82 Å². The maximum atomic E-state index is 5.87. The van der Waals surface area contributed by atoms with Crippen molar-refractivity contribution in [3.8, 4) is 0 Å². The van der Waals surface area contributed by atoms with Gasteiger partial charge in [-0.05, 0) is 13.8 Å². The molecule has 0 aliphatic rings. The van der Waals surface area contributed by atoms with Crippen molar-refractivity contribution in [2.45, 2.75) is 20.5 Å². The van der Waals surface area contributed by atoms with Crippen LogP contribution in [0.25, 0.3) is 0 Å². The smallest absolute Gasteiger partial charge is 0.158 e. The van der Waals surface area contributed by atoms with Crippen molar-refractivity contribution in [3.63, 3.8) is 0 Å². The molecule has 1 aromatic rings. The minimum atomic E-state index is 0.359. The Bertz CT molecular complexity index is 375. The van der Waals surface area contributed by atoms with Gasteiger partial charge in [-0.2, -0.15) is 0 Å². The van der Waals surface area contributed by atoms with E-state index < -0.39 is 0 Å². The van der Waals surface area contributed by atoms with Gasteiger partial charge >= 0.3 is 0 Å². The number of hydrogen-bond donors (Lipinski definition) is 1. The number of aromatic nitrogens is 2. The molecule has 0 aliphatic heterocycles. The molecule has 5 heteroatoms. The lowest BCUT2D eigenvalue weighted by Gasteiger charge is -2.05. The standard InChI is InChI=1S/C11H16ClN3O/c1-8(2)4-5-13-10-6-9(12)14-11(15-10)7-16-3/h4,6H,5,7H2,1-3H3,(H,13,14,15). The van der Waals surface area contributed by atoms with Gasteiger partial charge in [-0.15, -0.1) is 0 Å². The van der Waals surface area contributed by atoms with E-state index in [-0.39, 0.29) is 0 Å². The van der Waals surface area contributed by atoms with E-state index in [9.17, 15) is 0 Å². The van der Waals surface area contributed by atoms with Crippen molar-refractivity contribution < 1.29 is 4.74 Å². The molecule has 0 aromatic carbocycles. The van der Waals surface area contributed by atoms with E-state index in [1.54, 1.807) is 13.2 Å². The van der Waals surface area contributed by atoms with Gasteiger partial charge in [-0.25, -0.2) is 9.97 Å². The normalized spacial score (nSPS) is 10.0. The van der Waals surface area contributed by atoms with Crippen LogP contribution < -0.4 is 5.32 Å². The van der Waals surface area contributed by atoms with Crippen molar-refractivity contribution >= 4 is 17.4 Å². The van der Waals surface area contributed by atoms with Crippen LogP contribution in [0, 0.1) is 0 Å². The Hall–Kier alpha value is -1.13. The molecule has 0 saturated carbocycles. The summed E-state index contributed by atoms with van der Waals surface area (Å²) >= 11 is 5.87. The Morgan fingerprint density at radius 1 is 1.50 bits per heavy atom. The molecule has 88 valence electrons. The number of nitrogens with zero attached hydrogens (tertiary/aromatic N) is 2. The predicted octanol–water partition coefficient (Wildman–Crippen LogP) is 2.65. The van der Waals surface area contributed by atoms with Gasteiger partial charge in [0.25, 0.3) is 0 Å². The quantitative estimate of drug-likeness (QED) is 0.636. The summed E-state index contributed by atoms with van der Waals surface area (Å²) in [7, 11) is 1.60. The number of halogens is 1. The summed E-state index contributed by atoms with van der Waals surface area (Å²) in [6, 6.07) is 1.69. The lowest BCUT2D eigenvalue weighted by molar-refractivity contribution is 0.178. The van der Waals surface area contributed by atoms with Crippen molar-refractivity contribution in [1.29, 1.82) is 0 Å². The van der Waals surface area contributed by atoms with Crippen molar-refractivity contribution in [3.05, 3.63) is 28.7 Å². The number of allylic oxidation sites excluding steroid dienone is 1. The Kier molecular flexibility index (Phi) is 5.22. The molecule has 1 heterocycles. The van der Waals surface area contributed by atoms with E-state index in [2.05, 4.69) is 21.4 Å². The Morgan fingerprint density at radius 3 is 2.88 bits per heavy atom. The van der Waals surface area contributed by atoms with Crippen LogP contribution >= 0.6 is 11.6 Å². The SMILES string of the molecule is COCc1nc(Cl)cc(NCC=C(C)C)n1. The van der Waals surface area contributed by atoms with Gasteiger partial charge < -0.3 is 10.1 Å². The number of nitrogens with one attached hydrogen (secondary N) is 1. The Morgan fingerprint density at radius 2 is 2.25 bits per heavy atom. The first-order valence-corrected chi connectivity index (χ1v) is 5.39. The van der Waals surface area contributed by atoms with Gasteiger partial charge in [-0.1, -0.05) is 23.3 Å². The summed E-state index contributed by atoms with van der Waals surface area (Å²) in [5.74, 6) is 1.29.